The normalized spacial score (nSPS) is 12.6. The third-order valence-electron chi connectivity index (χ3n) is 2.87. The van der Waals surface area contributed by atoms with Crippen molar-refractivity contribution in [1.29, 1.82) is 0 Å². The third kappa shape index (κ3) is 3.67. The lowest BCUT2D eigenvalue weighted by Gasteiger charge is -2.13. The summed E-state index contributed by atoms with van der Waals surface area (Å²) < 4.78 is 14.6. The summed E-state index contributed by atoms with van der Waals surface area (Å²) in [4.78, 5) is 0. The van der Waals surface area contributed by atoms with E-state index >= 15 is 0 Å². The second-order valence-corrected chi connectivity index (χ2v) is 4.63. The van der Waals surface area contributed by atoms with Crippen molar-refractivity contribution in [3.8, 4) is 0 Å². The standard InChI is InChI=1S/C14H18FN3/c1-11(7-12-3-5-14(15)6-4-12)16-8-13-9-17-18(2)10-13/h3-6,9-11,16H,7-8H2,1-2H3. The van der Waals surface area contributed by atoms with Crippen molar-refractivity contribution in [2.24, 2.45) is 7.05 Å². The summed E-state index contributed by atoms with van der Waals surface area (Å²) in [6, 6.07) is 7.01. The predicted octanol–water partition coefficient (Wildman–Crippen LogP) is 2.28. The lowest BCUT2D eigenvalue weighted by atomic mass is 10.1. The number of aryl methyl sites for hydroxylation is 1. The van der Waals surface area contributed by atoms with Crippen LogP contribution < -0.4 is 5.32 Å². The van der Waals surface area contributed by atoms with Crippen LogP contribution in [0.5, 0.6) is 0 Å². The average Bonchev–Trinajstić information content (AvgIpc) is 2.76. The number of hydrogen-bond acceptors (Lipinski definition) is 2. The van der Waals surface area contributed by atoms with Gasteiger partial charge in [0.25, 0.3) is 0 Å². The molecule has 2 aromatic rings. The van der Waals surface area contributed by atoms with Crippen molar-refractivity contribution in [3.05, 3.63) is 53.6 Å². The molecule has 0 amide bonds. The van der Waals surface area contributed by atoms with Gasteiger partial charge in [0.05, 0.1) is 6.20 Å². The second-order valence-electron chi connectivity index (χ2n) is 4.63. The van der Waals surface area contributed by atoms with Gasteiger partial charge in [0.15, 0.2) is 0 Å². The number of rotatable bonds is 5. The average molecular weight is 247 g/mol. The topological polar surface area (TPSA) is 29.9 Å². The van der Waals surface area contributed by atoms with Gasteiger partial charge in [0.2, 0.25) is 0 Å². The molecule has 0 aliphatic heterocycles. The molecule has 0 radical (unpaired) electrons. The molecule has 3 nitrogen and oxygen atoms in total. The number of benzene rings is 1. The Kier molecular flexibility index (Phi) is 4.10. The smallest absolute Gasteiger partial charge is 0.123 e. The number of hydrogen-bond donors (Lipinski definition) is 1. The minimum atomic E-state index is -0.185. The molecule has 1 aromatic carbocycles. The summed E-state index contributed by atoms with van der Waals surface area (Å²) in [5.41, 5.74) is 2.31. The molecule has 2 rings (SSSR count). The first-order chi connectivity index (χ1) is 8.63. The molecule has 1 aromatic heterocycles. The van der Waals surface area contributed by atoms with E-state index in [-0.39, 0.29) is 5.82 Å². The molecule has 18 heavy (non-hydrogen) atoms. The van der Waals surface area contributed by atoms with Crippen LogP contribution in [0.2, 0.25) is 0 Å². The van der Waals surface area contributed by atoms with Crippen LogP contribution in [0.1, 0.15) is 18.1 Å². The van der Waals surface area contributed by atoms with Gasteiger partial charge in [0.1, 0.15) is 5.82 Å². The SMILES string of the molecule is CC(Cc1ccc(F)cc1)NCc1cnn(C)c1. The Morgan fingerprint density at radius 1 is 1.28 bits per heavy atom. The molecule has 0 aliphatic rings. The quantitative estimate of drug-likeness (QED) is 0.878. The highest BCUT2D eigenvalue weighted by Crippen LogP contribution is 2.06. The van der Waals surface area contributed by atoms with E-state index in [4.69, 9.17) is 0 Å². The molecular weight excluding hydrogens is 229 g/mol. The zero-order chi connectivity index (χ0) is 13.0. The van der Waals surface area contributed by atoms with E-state index in [1.807, 2.05) is 31.6 Å². The maximum absolute atomic E-state index is 12.8. The van der Waals surface area contributed by atoms with Gasteiger partial charge in [0, 0.05) is 31.4 Å². The van der Waals surface area contributed by atoms with Crippen molar-refractivity contribution >= 4 is 0 Å². The van der Waals surface area contributed by atoms with Crippen molar-refractivity contribution in [1.82, 2.24) is 15.1 Å². The lowest BCUT2D eigenvalue weighted by Crippen LogP contribution is -2.27. The molecule has 1 atom stereocenters. The maximum atomic E-state index is 12.8. The third-order valence-corrected chi connectivity index (χ3v) is 2.87. The molecule has 1 N–H and O–H groups in total. The first kappa shape index (κ1) is 12.8. The largest absolute Gasteiger partial charge is 0.310 e. The van der Waals surface area contributed by atoms with Crippen LogP contribution in [0.15, 0.2) is 36.7 Å². The summed E-state index contributed by atoms with van der Waals surface area (Å²) in [5.74, 6) is -0.185. The molecule has 0 bridgehead atoms. The molecule has 0 fully saturated rings. The van der Waals surface area contributed by atoms with Crippen molar-refractivity contribution < 1.29 is 4.39 Å². The van der Waals surface area contributed by atoms with Gasteiger partial charge in [-0.25, -0.2) is 4.39 Å². The van der Waals surface area contributed by atoms with Crippen LogP contribution in [0.4, 0.5) is 4.39 Å². The van der Waals surface area contributed by atoms with Gasteiger partial charge in [-0.3, -0.25) is 4.68 Å². The molecular formula is C14H18FN3. The van der Waals surface area contributed by atoms with E-state index < -0.39 is 0 Å². The minimum Gasteiger partial charge on any atom is -0.310 e. The molecule has 0 aliphatic carbocycles. The summed E-state index contributed by atoms with van der Waals surface area (Å²) in [6.07, 6.45) is 4.75. The van der Waals surface area contributed by atoms with Crippen molar-refractivity contribution in [3.63, 3.8) is 0 Å². The number of aromatic nitrogens is 2. The van der Waals surface area contributed by atoms with Crippen LogP contribution in [0, 0.1) is 5.82 Å². The Morgan fingerprint density at radius 3 is 2.61 bits per heavy atom. The summed E-state index contributed by atoms with van der Waals surface area (Å²) in [5, 5.41) is 7.55. The monoisotopic (exact) mass is 247 g/mol. The molecule has 96 valence electrons. The highest BCUT2D eigenvalue weighted by Gasteiger charge is 2.04. The summed E-state index contributed by atoms with van der Waals surface area (Å²) >= 11 is 0. The molecule has 0 spiro atoms. The van der Waals surface area contributed by atoms with Crippen LogP contribution in [-0.2, 0) is 20.0 Å². The number of halogens is 1. The van der Waals surface area contributed by atoms with Gasteiger partial charge in [-0.2, -0.15) is 5.10 Å². The van der Waals surface area contributed by atoms with Crippen LogP contribution >= 0.6 is 0 Å². The Labute approximate surface area is 107 Å². The van der Waals surface area contributed by atoms with Gasteiger partial charge in [-0.05, 0) is 31.0 Å². The van der Waals surface area contributed by atoms with Crippen LogP contribution in [-0.4, -0.2) is 15.8 Å². The van der Waals surface area contributed by atoms with Crippen LogP contribution in [0.3, 0.4) is 0 Å². The summed E-state index contributed by atoms with van der Waals surface area (Å²) in [7, 11) is 1.91. The fraction of sp³-hybridized carbons (Fsp3) is 0.357. The number of nitrogens with one attached hydrogen (secondary N) is 1. The predicted molar refractivity (Wildman–Crippen MR) is 69.6 cm³/mol. The number of nitrogens with zero attached hydrogens (tertiary/aromatic N) is 2. The van der Waals surface area contributed by atoms with E-state index in [9.17, 15) is 4.39 Å². The first-order valence-electron chi connectivity index (χ1n) is 6.09. The van der Waals surface area contributed by atoms with Gasteiger partial charge >= 0.3 is 0 Å². The first-order valence-corrected chi connectivity index (χ1v) is 6.09. The van der Waals surface area contributed by atoms with E-state index in [1.165, 1.54) is 17.7 Å². The van der Waals surface area contributed by atoms with E-state index in [0.29, 0.717) is 6.04 Å². The fourth-order valence-electron chi connectivity index (χ4n) is 1.90. The molecule has 1 unspecified atom stereocenters. The van der Waals surface area contributed by atoms with E-state index in [1.54, 1.807) is 4.68 Å². The van der Waals surface area contributed by atoms with Gasteiger partial charge in [-0.1, -0.05) is 12.1 Å². The van der Waals surface area contributed by atoms with Crippen LogP contribution in [0.25, 0.3) is 0 Å². The summed E-state index contributed by atoms with van der Waals surface area (Å²) in [6.45, 7) is 2.93. The molecule has 0 saturated carbocycles. The Hall–Kier alpha value is -1.68. The van der Waals surface area contributed by atoms with E-state index in [2.05, 4.69) is 17.3 Å². The Balaban J connectivity index is 1.81. The highest BCUT2D eigenvalue weighted by atomic mass is 19.1. The van der Waals surface area contributed by atoms with Crippen molar-refractivity contribution in [2.45, 2.75) is 25.9 Å². The molecule has 1 heterocycles. The van der Waals surface area contributed by atoms with E-state index in [0.717, 1.165) is 18.5 Å². The zero-order valence-corrected chi connectivity index (χ0v) is 10.7. The fourth-order valence-corrected chi connectivity index (χ4v) is 1.90. The Morgan fingerprint density at radius 2 is 2.00 bits per heavy atom. The maximum Gasteiger partial charge on any atom is 0.123 e. The van der Waals surface area contributed by atoms with Gasteiger partial charge in [-0.15, -0.1) is 0 Å². The zero-order valence-electron chi connectivity index (χ0n) is 10.7. The molecule has 0 saturated heterocycles. The van der Waals surface area contributed by atoms with Gasteiger partial charge < -0.3 is 5.32 Å². The lowest BCUT2D eigenvalue weighted by molar-refractivity contribution is 0.544. The van der Waals surface area contributed by atoms with Crippen molar-refractivity contribution in [2.75, 3.05) is 0 Å². The second kappa shape index (κ2) is 5.78. The minimum absolute atomic E-state index is 0.185. The highest BCUT2D eigenvalue weighted by molar-refractivity contribution is 5.17. The molecule has 4 heteroatoms. The Bertz CT molecular complexity index is 490.